The molecule has 0 rings (SSSR count). The molecule has 352 valence electrons. The summed E-state index contributed by atoms with van der Waals surface area (Å²) in [5.41, 5.74) is 0. The van der Waals surface area contributed by atoms with E-state index in [1.54, 1.807) is 0 Å². The fourth-order valence-electron chi connectivity index (χ4n) is 5.24. The van der Waals surface area contributed by atoms with Gasteiger partial charge in [-0.05, 0) is 70.6 Å². The summed E-state index contributed by atoms with van der Waals surface area (Å²) in [4.78, 5) is 37.9. The lowest BCUT2D eigenvalue weighted by Gasteiger charge is -2.18. The van der Waals surface area contributed by atoms with Crippen molar-refractivity contribution in [3.8, 4) is 0 Å². The number of carbonyl (C=O) groups excluding carboxylic acids is 3. The van der Waals surface area contributed by atoms with E-state index in [1.807, 2.05) is 176 Å². The first kappa shape index (κ1) is 59.0. The average Bonchev–Trinajstić information content (AvgIpc) is 3.30. The van der Waals surface area contributed by atoms with Crippen molar-refractivity contribution in [2.45, 2.75) is 130 Å². The van der Waals surface area contributed by atoms with E-state index < -0.39 is 12.1 Å². The SMILES string of the molecule is CC\C=C/C=C\C=C/C=C\C=C/CCCCCC(=O)OC(COC(=O)CCC\C=C/C=C\C=C/C=C\C=C/CC)COC(=O)CCCCC\C=C/C=C\C=C\C=C/C=C\C=C/C=C\CC. The first-order valence-electron chi connectivity index (χ1n) is 23.8. The van der Waals surface area contributed by atoms with E-state index in [9.17, 15) is 14.4 Å². The van der Waals surface area contributed by atoms with Crippen molar-refractivity contribution in [2.24, 2.45) is 0 Å². The normalized spacial score (nSPS) is 14.0. The molecule has 65 heavy (non-hydrogen) atoms. The highest BCUT2D eigenvalue weighted by molar-refractivity contribution is 5.71. The molecule has 0 saturated carbocycles. The van der Waals surface area contributed by atoms with Gasteiger partial charge >= 0.3 is 17.9 Å². The number of allylic oxidation sites excluding steroid dienone is 34. The van der Waals surface area contributed by atoms with Gasteiger partial charge in [-0.15, -0.1) is 0 Å². The average molecular weight is 885 g/mol. The van der Waals surface area contributed by atoms with Gasteiger partial charge in [0.2, 0.25) is 0 Å². The zero-order valence-electron chi connectivity index (χ0n) is 39.9. The lowest BCUT2D eigenvalue weighted by molar-refractivity contribution is -0.167. The van der Waals surface area contributed by atoms with E-state index in [4.69, 9.17) is 14.2 Å². The molecule has 0 fully saturated rings. The van der Waals surface area contributed by atoms with Crippen LogP contribution in [0.4, 0.5) is 0 Å². The molecule has 0 aliphatic carbocycles. The summed E-state index contributed by atoms with van der Waals surface area (Å²) in [7, 11) is 0. The Hall–Kier alpha value is -6.01. The third-order valence-corrected chi connectivity index (χ3v) is 8.71. The Morgan fingerprint density at radius 3 is 0.892 bits per heavy atom. The van der Waals surface area contributed by atoms with Gasteiger partial charge in [0.1, 0.15) is 13.2 Å². The molecule has 0 aliphatic heterocycles. The van der Waals surface area contributed by atoms with Gasteiger partial charge in [-0.25, -0.2) is 0 Å². The third-order valence-electron chi connectivity index (χ3n) is 8.71. The Labute approximate surface area is 394 Å². The van der Waals surface area contributed by atoms with Crippen molar-refractivity contribution in [3.05, 3.63) is 207 Å². The van der Waals surface area contributed by atoms with Crippen LogP contribution in [0.25, 0.3) is 0 Å². The zero-order chi connectivity index (χ0) is 47.2. The maximum atomic E-state index is 12.8. The predicted molar refractivity (Wildman–Crippen MR) is 278 cm³/mol. The standard InChI is InChI=1S/C59H80O6/c1-4-7-10-13-16-19-22-25-27-28-29-30-32-34-37-40-43-46-49-52-58(61)64-55-56(54-63-57(60)51-48-45-42-39-36-33-24-21-18-15-12-9-6-3)65-59(62)53-50-47-44-41-38-35-31-26-23-20-17-14-11-8-5-2/h7-39,42,56H,4-6,40-41,43-55H2,1-3H3/b10-7-,11-8-,12-9-,16-13-,17-14-,18-15-,22-19-,23-20-,24-21-,27-25-,29-28+,31-26-,32-30-,36-33-,37-34-,38-35-,42-39-. The van der Waals surface area contributed by atoms with Crippen LogP contribution in [0.5, 0.6) is 0 Å². The first-order valence-corrected chi connectivity index (χ1v) is 23.8. The van der Waals surface area contributed by atoms with Gasteiger partial charge in [-0.2, -0.15) is 0 Å². The third kappa shape index (κ3) is 48.9. The van der Waals surface area contributed by atoms with Gasteiger partial charge in [0.05, 0.1) is 0 Å². The molecule has 0 N–H and O–H groups in total. The van der Waals surface area contributed by atoms with Crippen LogP contribution in [0.3, 0.4) is 0 Å². The highest BCUT2D eigenvalue weighted by Gasteiger charge is 2.19. The maximum absolute atomic E-state index is 12.8. The summed E-state index contributed by atoms with van der Waals surface area (Å²) in [6.45, 7) is 6.00. The Bertz CT molecular complexity index is 1720. The van der Waals surface area contributed by atoms with Crippen LogP contribution in [0, 0.1) is 0 Å². The van der Waals surface area contributed by atoms with Gasteiger partial charge in [0, 0.05) is 19.3 Å². The molecule has 6 nitrogen and oxygen atoms in total. The quantitative estimate of drug-likeness (QED) is 0.0266. The highest BCUT2D eigenvalue weighted by Crippen LogP contribution is 2.10. The van der Waals surface area contributed by atoms with Crippen molar-refractivity contribution in [3.63, 3.8) is 0 Å². The smallest absolute Gasteiger partial charge is 0.306 e. The number of carbonyl (C=O) groups is 3. The summed E-state index contributed by atoms with van der Waals surface area (Å²) in [5.74, 6) is -1.14. The molecular formula is C59H80O6. The minimum absolute atomic E-state index is 0.156. The number of rotatable bonds is 38. The van der Waals surface area contributed by atoms with Crippen molar-refractivity contribution >= 4 is 17.9 Å². The lowest BCUT2D eigenvalue weighted by atomic mass is 10.1. The molecule has 0 aliphatic rings. The Morgan fingerprint density at radius 2 is 0.569 bits per heavy atom. The molecule has 0 aromatic carbocycles. The van der Waals surface area contributed by atoms with Crippen molar-refractivity contribution in [1.82, 2.24) is 0 Å². The van der Waals surface area contributed by atoms with Gasteiger partial charge < -0.3 is 14.2 Å². The second-order valence-corrected chi connectivity index (χ2v) is 14.6. The van der Waals surface area contributed by atoms with Gasteiger partial charge in [-0.1, -0.05) is 240 Å². The Balaban J connectivity index is 4.73. The van der Waals surface area contributed by atoms with E-state index in [1.165, 1.54) is 0 Å². The minimum Gasteiger partial charge on any atom is -0.462 e. The van der Waals surface area contributed by atoms with E-state index >= 15 is 0 Å². The molecule has 0 radical (unpaired) electrons. The summed E-state index contributed by atoms with van der Waals surface area (Å²) in [5, 5.41) is 0. The van der Waals surface area contributed by atoms with E-state index in [-0.39, 0.29) is 44.4 Å². The zero-order valence-corrected chi connectivity index (χ0v) is 39.9. The van der Waals surface area contributed by atoms with E-state index in [0.29, 0.717) is 19.3 Å². The van der Waals surface area contributed by atoms with Crippen LogP contribution in [0.15, 0.2) is 207 Å². The minimum atomic E-state index is -0.862. The molecule has 0 aromatic heterocycles. The van der Waals surface area contributed by atoms with E-state index in [0.717, 1.165) is 64.2 Å². The second-order valence-electron chi connectivity index (χ2n) is 14.6. The molecule has 0 spiro atoms. The Morgan fingerprint density at radius 1 is 0.308 bits per heavy atom. The van der Waals surface area contributed by atoms with Crippen LogP contribution in [-0.4, -0.2) is 37.2 Å². The highest BCUT2D eigenvalue weighted by atomic mass is 16.6. The van der Waals surface area contributed by atoms with Crippen LogP contribution in [0.2, 0.25) is 0 Å². The van der Waals surface area contributed by atoms with Crippen LogP contribution < -0.4 is 0 Å². The molecule has 1 unspecified atom stereocenters. The fraction of sp³-hybridized carbons (Fsp3) is 0.373. The second kappa shape index (κ2) is 50.6. The van der Waals surface area contributed by atoms with Crippen molar-refractivity contribution in [2.75, 3.05) is 13.2 Å². The van der Waals surface area contributed by atoms with Crippen LogP contribution >= 0.6 is 0 Å². The number of hydrogen-bond acceptors (Lipinski definition) is 6. The molecular weight excluding hydrogens is 805 g/mol. The monoisotopic (exact) mass is 885 g/mol. The molecule has 0 saturated heterocycles. The lowest BCUT2D eigenvalue weighted by Crippen LogP contribution is -2.30. The summed E-state index contributed by atoms with van der Waals surface area (Å²) in [6, 6.07) is 0. The first-order chi connectivity index (χ1) is 32.0. The molecule has 0 aromatic rings. The van der Waals surface area contributed by atoms with Gasteiger partial charge in [-0.3, -0.25) is 14.4 Å². The topological polar surface area (TPSA) is 78.9 Å². The number of unbranched alkanes of at least 4 members (excludes halogenated alkanes) is 7. The van der Waals surface area contributed by atoms with Crippen LogP contribution in [-0.2, 0) is 28.6 Å². The largest absolute Gasteiger partial charge is 0.462 e. The molecule has 0 heterocycles. The Kier molecular flexibility index (Phi) is 46.0. The van der Waals surface area contributed by atoms with Gasteiger partial charge in [0.25, 0.3) is 0 Å². The summed E-state index contributed by atoms with van der Waals surface area (Å²) < 4.78 is 16.6. The number of ether oxygens (including phenoxy) is 3. The van der Waals surface area contributed by atoms with E-state index in [2.05, 4.69) is 51.2 Å². The fourth-order valence-corrected chi connectivity index (χ4v) is 5.24. The molecule has 0 amide bonds. The number of hydrogen-bond donors (Lipinski definition) is 0. The number of esters is 3. The summed E-state index contributed by atoms with van der Waals surface area (Å²) >= 11 is 0. The molecule has 6 heteroatoms. The maximum Gasteiger partial charge on any atom is 0.306 e. The van der Waals surface area contributed by atoms with Gasteiger partial charge in [0.15, 0.2) is 6.10 Å². The van der Waals surface area contributed by atoms with Crippen LogP contribution in [0.1, 0.15) is 124 Å². The summed E-state index contributed by atoms with van der Waals surface area (Å²) in [6.07, 6.45) is 79.5. The van der Waals surface area contributed by atoms with Crippen molar-refractivity contribution < 1.29 is 28.6 Å². The molecule has 1 atom stereocenters. The molecule has 0 bridgehead atoms. The van der Waals surface area contributed by atoms with Crippen molar-refractivity contribution in [1.29, 1.82) is 0 Å². The predicted octanol–water partition coefficient (Wildman–Crippen LogP) is 15.7.